The third kappa shape index (κ3) is 1.63. The van der Waals surface area contributed by atoms with Crippen LogP contribution in [-0.2, 0) is 9.84 Å². The average Bonchev–Trinajstić information content (AvgIpc) is 2.39. The Hall–Kier alpha value is 0.0600. The van der Waals surface area contributed by atoms with Crippen molar-refractivity contribution in [2.75, 3.05) is 18.1 Å². The molecule has 2 aliphatic heterocycles. The molecule has 2 heterocycles. The van der Waals surface area contributed by atoms with E-state index in [0.29, 0.717) is 0 Å². The van der Waals surface area contributed by atoms with Crippen LogP contribution in [0, 0.1) is 0 Å². The van der Waals surface area contributed by atoms with Gasteiger partial charge >= 0.3 is 0 Å². The van der Waals surface area contributed by atoms with Gasteiger partial charge in [0.1, 0.15) is 0 Å². The van der Waals surface area contributed by atoms with Crippen molar-refractivity contribution in [2.45, 2.75) is 24.3 Å². The van der Waals surface area contributed by atoms with Crippen molar-refractivity contribution in [3.63, 3.8) is 0 Å². The molecule has 2 fully saturated rings. The Kier molecular flexibility index (Phi) is 2.84. The van der Waals surface area contributed by atoms with Crippen LogP contribution in [0.1, 0.15) is 12.8 Å². The first-order valence-electron chi connectivity index (χ1n) is 4.20. The Morgan fingerprint density at radius 1 is 1.21 bits per heavy atom. The summed E-state index contributed by atoms with van der Waals surface area (Å²) in [5.74, 6) is -3.39. The first-order valence-corrected chi connectivity index (χ1v) is 6.02. The van der Waals surface area contributed by atoms with Crippen molar-refractivity contribution < 1.29 is 17.2 Å². The molecule has 0 aliphatic carbocycles. The Morgan fingerprint density at radius 3 is 2.21 bits per heavy atom. The summed E-state index contributed by atoms with van der Waals surface area (Å²) >= 11 is 0. The van der Waals surface area contributed by atoms with E-state index < -0.39 is 27.1 Å². The quantitative estimate of drug-likeness (QED) is 0.682. The second-order valence-electron chi connectivity index (χ2n) is 3.81. The van der Waals surface area contributed by atoms with E-state index >= 15 is 0 Å². The predicted molar refractivity (Wildman–Crippen MR) is 50.8 cm³/mol. The number of sulfone groups is 1. The summed E-state index contributed by atoms with van der Waals surface area (Å²) in [6, 6.07) is 0. The first-order chi connectivity index (χ1) is 5.87. The SMILES string of the molecule is Cl.O=S1(=O)CCC2(C1)NCCC2(F)F. The molecular weight excluding hydrogens is 236 g/mol. The molecule has 0 aromatic rings. The van der Waals surface area contributed by atoms with Crippen molar-refractivity contribution in [1.82, 2.24) is 5.32 Å². The number of alkyl halides is 2. The molecule has 0 radical (unpaired) electrons. The van der Waals surface area contributed by atoms with Crippen molar-refractivity contribution in [3.05, 3.63) is 0 Å². The zero-order chi connectivity index (χ0) is 9.74. The maximum atomic E-state index is 13.3. The highest BCUT2D eigenvalue weighted by Crippen LogP contribution is 2.43. The summed E-state index contributed by atoms with van der Waals surface area (Å²) in [5.41, 5.74) is -1.45. The van der Waals surface area contributed by atoms with Crippen LogP contribution in [0.3, 0.4) is 0 Å². The lowest BCUT2D eigenvalue weighted by molar-refractivity contribution is -0.0499. The van der Waals surface area contributed by atoms with Gasteiger partial charge in [-0.2, -0.15) is 0 Å². The fourth-order valence-electron chi connectivity index (χ4n) is 2.10. The van der Waals surface area contributed by atoms with Gasteiger partial charge < -0.3 is 5.32 Å². The van der Waals surface area contributed by atoms with Crippen molar-refractivity contribution in [1.29, 1.82) is 0 Å². The van der Waals surface area contributed by atoms with Gasteiger partial charge in [-0.1, -0.05) is 0 Å². The monoisotopic (exact) mass is 247 g/mol. The topological polar surface area (TPSA) is 46.2 Å². The Morgan fingerprint density at radius 2 is 1.86 bits per heavy atom. The van der Waals surface area contributed by atoms with Gasteiger partial charge in [0.05, 0.1) is 17.0 Å². The lowest BCUT2D eigenvalue weighted by Gasteiger charge is -2.28. The fraction of sp³-hybridized carbons (Fsp3) is 1.00. The lowest BCUT2D eigenvalue weighted by Crippen LogP contribution is -2.52. The number of hydrogen-bond donors (Lipinski definition) is 1. The second kappa shape index (κ2) is 3.28. The third-order valence-corrected chi connectivity index (χ3v) is 4.67. The Balaban J connectivity index is 0.000000980. The normalized spacial score (nSPS) is 38.4. The smallest absolute Gasteiger partial charge is 0.268 e. The van der Waals surface area contributed by atoms with Crippen LogP contribution in [-0.4, -0.2) is 37.9 Å². The van der Waals surface area contributed by atoms with Gasteiger partial charge in [0.15, 0.2) is 9.84 Å². The van der Waals surface area contributed by atoms with Crippen LogP contribution in [0.15, 0.2) is 0 Å². The molecule has 1 N–H and O–H groups in total. The molecule has 3 nitrogen and oxygen atoms in total. The van der Waals surface area contributed by atoms with Crippen molar-refractivity contribution >= 4 is 22.2 Å². The molecule has 2 saturated heterocycles. The lowest BCUT2D eigenvalue weighted by atomic mass is 9.93. The molecule has 14 heavy (non-hydrogen) atoms. The van der Waals surface area contributed by atoms with Crippen LogP contribution in [0.5, 0.6) is 0 Å². The molecule has 1 atom stereocenters. The van der Waals surface area contributed by atoms with Gasteiger partial charge in [-0.25, -0.2) is 17.2 Å². The molecule has 1 unspecified atom stereocenters. The third-order valence-electron chi connectivity index (χ3n) is 2.91. The number of nitrogens with one attached hydrogen (secondary N) is 1. The summed E-state index contributed by atoms with van der Waals surface area (Å²) in [5, 5.41) is 2.65. The number of hydrogen-bond acceptors (Lipinski definition) is 3. The van der Waals surface area contributed by atoms with Gasteiger partial charge in [-0.3, -0.25) is 0 Å². The van der Waals surface area contributed by atoms with Gasteiger partial charge in [0.25, 0.3) is 5.92 Å². The van der Waals surface area contributed by atoms with E-state index in [4.69, 9.17) is 0 Å². The highest BCUT2D eigenvalue weighted by molar-refractivity contribution is 7.91. The van der Waals surface area contributed by atoms with E-state index in [1.165, 1.54) is 0 Å². The standard InChI is InChI=1S/C7H11F2NO2S.ClH/c8-7(9)1-3-10-6(7)2-4-13(11,12)5-6;/h10H,1-5H2;1H. The van der Waals surface area contributed by atoms with E-state index in [-0.39, 0.29) is 37.5 Å². The fourth-order valence-corrected chi connectivity index (χ4v) is 4.12. The molecule has 84 valence electrons. The number of halogens is 3. The molecule has 2 rings (SSSR count). The molecular formula is C7H12ClF2NO2S. The van der Waals surface area contributed by atoms with E-state index in [2.05, 4.69) is 5.32 Å². The molecule has 0 bridgehead atoms. The summed E-state index contributed by atoms with van der Waals surface area (Å²) in [4.78, 5) is 0. The van der Waals surface area contributed by atoms with Crippen LogP contribution in [0.2, 0.25) is 0 Å². The van der Waals surface area contributed by atoms with Crippen LogP contribution in [0.4, 0.5) is 8.78 Å². The maximum Gasteiger partial charge on any atom is 0.268 e. The minimum Gasteiger partial charge on any atom is -0.305 e. The minimum absolute atomic E-state index is 0. The summed E-state index contributed by atoms with van der Waals surface area (Å²) in [7, 11) is -3.25. The highest BCUT2D eigenvalue weighted by Gasteiger charge is 2.61. The van der Waals surface area contributed by atoms with Crippen LogP contribution < -0.4 is 5.32 Å². The highest BCUT2D eigenvalue weighted by atomic mass is 35.5. The Bertz CT molecular complexity index is 333. The largest absolute Gasteiger partial charge is 0.305 e. The van der Waals surface area contributed by atoms with Gasteiger partial charge in [-0.05, 0) is 6.42 Å². The van der Waals surface area contributed by atoms with E-state index in [1.54, 1.807) is 0 Å². The van der Waals surface area contributed by atoms with Crippen LogP contribution >= 0.6 is 12.4 Å². The van der Waals surface area contributed by atoms with Crippen LogP contribution in [0.25, 0.3) is 0 Å². The first kappa shape index (κ1) is 12.1. The molecule has 7 heteroatoms. The van der Waals surface area contributed by atoms with Gasteiger partial charge in [-0.15, -0.1) is 12.4 Å². The zero-order valence-corrected chi connectivity index (χ0v) is 9.06. The molecule has 0 aromatic carbocycles. The minimum atomic E-state index is -3.25. The predicted octanol–water partition coefficient (Wildman–Crippen LogP) is 0.594. The van der Waals surface area contributed by atoms with Crippen molar-refractivity contribution in [3.8, 4) is 0 Å². The van der Waals surface area contributed by atoms with E-state index in [0.717, 1.165) is 0 Å². The summed E-state index contributed by atoms with van der Waals surface area (Å²) in [6.07, 6.45) is -0.204. The van der Waals surface area contributed by atoms with E-state index in [1.807, 2.05) is 0 Å². The van der Waals surface area contributed by atoms with Crippen molar-refractivity contribution in [2.24, 2.45) is 0 Å². The molecule has 0 saturated carbocycles. The molecule has 0 aromatic heterocycles. The summed E-state index contributed by atoms with van der Waals surface area (Å²) in [6.45, 7) is 0.211. The molecule has 1 spiro atoms. The second-order valence-corrected chi connectivity index (χ2v) is 5.99. The average molecular weight is 248 g/mol. The zero-order valence-electron chi connectivity index (χ0n) is 7.42. The Labute approximate surface area is 87.6 Å². The van der Waals surface area contributed by atoms with E-state index in [9.17, 15) is 17.2 Å². The molecule has 2 aliphatic rings. The maximum absolute atomic E-state index is 13.3. The molecule has 0 amide bonds. The van der Waals surface area contributed by atoms with Gasteiger partial charge in [0.2, 0.25) is 0 Å². The van der Waals surface area contributed by atoms with Gasteiger partial charge in [0, 0.05) is 13.0 Å². The summed E-state index contributed by atoms with van der Waals surface area (Å²) < 4.78 is 48.9. The number of rotatable bonds is 0.